The second-order valence-corrected chi connectivity index (χ2v) is 4.80. The normalized spacial score (nSPS) is 10.7. The van der Waals surface area contributed by atoms with Crippen LogP contribution in [0.2, 0.25) is 0 Å². The van der Waals surface area contributed by atoms with Gasteiger partial charge in [0, 0.05) is 11.1 Å². The molecule has 0 spiro atoms. The van der Waals surface area contributed by atoms with Crippen molar-refractivity contribution in [2.75, 3.05) is 0 Å². The van der Waals surface area contributed by atoms with Crippen molar-refractivity contribution in [3.63, 3.8) is 0 Å². The summed E-state index contributed by atoms with van der Waals surface area (Å²) in [4.78, 5) is 21.1. The molecule has 0 fully saturated rings. The number of aryl methyl sites for hydroxylation is 2. The molecule has 1 aromatic rings. The van der Waals surface area contributed by atoms with Gasteiger partial charge in [0.1, 0.15) is 5.56 Å². The zero-order chi connectivity index (χ0) is 14.0. The van der Waals surface area contributed by atoms with E-state index in [4.69, 9.17) is 0 Å². The van der Waals surface area contributed by atoms with Crippen LogP contribution in [0, 0.1) is 40.0 Å². The minimum atomic E-state index is -0.528. The minimum Gasteiger partial charge on any atom is -0.258 e. The molecule has 0 saturated carbocycles. The summed E-state index contributed by atoms with van der Waals surface area (Å²) < 4.78 is 0. The van der Waals surface area contributed by atoms with Gasteiger partial charge in [0.2, 0.25) is 0 Å². The van der Waals surface area contributed by atoms with Gasteiger partial charge in [0.15, 0.2) is 0 Å². The van der Waals surface area contributed by atoms with Crippen LogP contribution in [0.4, 0.5) is 11.4 Å². The van der Waals surface area contributed by atoms with E-state index < -0.39 is 9.85 Å². The van der Waals surface area contributed by atoms with Crippen molar-refractivity contribution in [2.24, 2.45) is 5.92 Å². The third kappa shape index (κ3) is 2.64. The summed E-state index contributed by atoms with van der Waals surface area (Å²) >= 11 is 0. The van der Waals surface area contributed by atoms with Crippen LogP contribution in [0.15, 0.2) is 6.07 Å². The van der Waals surface area contributed by atoms with E-state index >= 15 is 0 Å². The van der Waals surface area contributed by atoms with E-state index in [9.17, 15) is 20.2 Å². The number of nitrogens with zero attached hydrogens (tertiary/aromatic N) is 2. The van der Waals surface area contributed by atoms with E-state index in [1.165, 1.54) is 6.07 Å². The van der Waals surface area contributed by atoms with E-state index in [1.54, 1.807) is 13.8 Å². The van der Waals surface area contributed by atoms with Gasteiger partial charge in [0.05, 0.1) is 9.85 Å². The van der Waals surface area contributed by atoms with Crippen LogP contribution in [0.3, 0.4) is 0 Å². The highest BCUT2D eigenvalue weighted by Crippen LogP contribution is 2.36. The molecule has 0 aliphatic heterocycles. The Morgan fingerprint density at radius 1 is 1.06 bits per heavy atom. The summed E-state index contributed by atoms with van der Waals surface area (Å²) in [6.07, 6.45) is 0.329. The van der Waals surface area contributed by atoms with Gasteiger partial charge in [-0.05, 0) is 32.3 Å². The van der Waals surface area contributed by atoms with Crippen molar-refractivity contribution < 1.29 is 9.85 Å². The summed E-state index contributed by atoms with van der Waals surface area (Å²) in [7, 11) is 0. The lowest BCUT2D eigenvalue weighted by atomic mass is 9.94. The molecule has 1 aromatic carbocycles. The van der Waals surface area contributed by atoms with Crippen molar-refractivity contribution in [1.29, 1.82) is 0 Å². The minimum absolute atomic E-state index is 0.114. The van der Waals surface area contributed by atoms with Gasteiger partial charge in [-0.2, -0.15) is 0 Å². The Balaban J connectivity index is 3.65. The van der Waals surface area contributed by atoms with Gasteiger partial charge in [-0.15, -0.1) is 0 Å². The highest BCUT2D eigenvalue weighted by atomic mass is 16.6. The van der Waals surface area contributed by atoms with Gasteiger partial charge in [-0.1, -0.05) is 13.8 Å². The summed E-state index contributed by atoms with van der Waals surface area (Å²) in [5.74, 6) is 0.114. The Morgan fingerprint density at radius 2 is 1.44 bits per heavy atom. The maximum absolute atomic E-state index is 11.1. The van der Waals surface area contributed by atoms with Crippen molar-refractivity contribution >= 4 is 11.4 Å². The third-order valence-electron chi connectivity index (χ3n) is 2.73. The molecular weight excluding hydrogens is 236 g/mol. The lowest BCUT2D eigenvalue weighted by molar-refractivity contribution is -0.396. The first-order chi connectivity index (χ1) is 8.25. The summed E-state index contributed by atoms with van der Waals surface area (Å²) in [5.41, 5.74) is 0.928. The average molecular weight is 252 g/mol. The lowest BCUT2D eigenvalue weighted by Gasteiger charge is -2.10. The maximum Gasteiger partial charge on any atom is 0.282 e. The van der Waals surface area contributed by atoms with Crippen LogP contribution >= 0.6 is 0 Å². The Bertz CT molecular complexity index is 471. The Morgan fingerprint density at radius 3 is 1.72 bits per heavy atom. The standard InChI is InChI=1S/C12H16N2O4/c1-7(2)5-10-11(13(15)16)8(3)6-9(4)12(10)14(17)18/h6-7H,5H2,1-4H3. The molecule has 6 nitrogen and oxygen atoms in total. The Kier molecular flexibility index (Phi) is 4.00. The van der Waals surface area contributed by atoms with Crippen molar-refractivity contribution in [3.05, 3.63) is 43.0 Å². The van der Waals surface area contributed by atoms with Crippen LogP contribution in [-0.2, 0) is 6.42 Å². The fourth-order valence-electron chi connectivity index (χ4n) is 2.16. The van der Waals surface area contributed by atoms with Gasteiger partial charge in [-0.3, -0.25) is 20.2 Å². The largest absolute Gasteiger partial charge is 0.282 e. The van der Waals surface area contributed by atoms with E-state index in [-0.39, 0.29) is 22.9 Å². The Labute approximate surface area is 105 Å². The fourth-order valence-corrected chi connectivity index (χ4v) is 2.16. The molecule has 0 aliphatic rings. The molecule has 98 valence electrons. The molecule has 0 radical (unpaired) electrons. The zero-order valence-electron chi connectivity index (χ0n) is 10.9. The topological polar surface area (TPSA) is 86.3 Å². The molecule has 18 heavy (non-hydrogen) atoms. The van der Waals surface area contributed by atoms with Crippen LogP contribution in [0.5, 0.6) is 0 Å². The number of benzene rings is 1. The van der Waals surface area contributed by atoms with Crippen molar-refractivity contribution in [2.45, 2.75) is 34.1 Å². The van der Waals surface area contributed by atoms with Gasteiger partial charge < -0.3 is 0 Å². The first-order valence-electron chi connectivity index (χ1n) is 5.67. The van der Waals surface area contributed by atoms with E-state index in [1.807, 2.05) is 13.8 Å². The van der Waals surface area contributed by atoms with Gasteiger partial charge >= 0.3 is 0 Å². The highest BCUT2D eigenvalue weighted by molar-refractivity contribution is 5.62. The monoisotopic (exact) mass is 252 g/mol. The quantitative estimate of drug-likeness (QED) is 0.607. The molecule has 0 N–H and O–H groups in total. The smallest absolute Gasteiger partial charge is 0.258 e. The number of rotatable bonds is 4. The molecule has 1 rings (SSSR count). The van der Waals surface area contributed by atoms with Crippen LogP contribution in [-0.4, -0.2) is 9.85 Å². The fraction of sp³-hybridized carbons (Fsp3) is 0.500. The molecular formula is C12H16N2O4. The van der Waals surface area contributed by atoms with E-state index in [2.05, 4.69) is 0 Å². The van der Waals surface area contributed by atoms with Gasteiger partial charge in [0.25, 0.3) is 11.4 Å². The lowest BCUT2D eigenvalue weighted by Crippen LogP contribution is -2.07. The number of hydrogen-bond donors (Lipinski definition) is 0. The van der Waals surface area contributed by atoms with Crippen LogP contribution in [0.1, 0.15) is 30.5 Å². The van der Waals surface area contributed by atoms with E-state index in [0.717, 1.165) is 0 Å². The van der Waals surface area contributed by atoms with Crippen LogP contribution < -0.4 is 0 Å². The molecule has 0 saturated heterocycles. The molecule has 0 aliphatic carbocycles. The third-order valence-corrected chi connectivity index (χ3v) is 2.73. The second kappa shape index (κ2) is 5.12. The second-order valence-electron chi connectivity index (χ2n) is 4.80. The highest BCUT2D eigenvalue weighted by Gasteiger charge is 2.29. The first-order valence-corrected chi connectivity index (χ1v) is 5.67. The molecule has 0 bridgehead atoms. The maximum atomic E-state index is 11.1. The van der Waals surface area contributed by atoms with Gasteiger partial charge in [-0.25, -0.2) is 0 Å². The van der Waals surface area contributed by atoms with Crippen LogP contribution in [0.25, 0.3) is 0 Å². The average Bonchev–Trinajstić information content (AvgIpc) is 2.13. The molecule has 0 unspecified atom stereocenters. The number of nitro groups is 2. The predicted molar refractivity (Wildman–Crippen MR) is 67.8 cm³/mol. The molecule has 0 aromatic heterocycles. The summed E-state index contributed by atoms with van der Waals surface area (Å²) in [6.45, 7) is 6.98. The predicted octanol–water partition coefficient (Wildman–Crippen LogP) is 3.32. The Hall–Kier alpha value is -1.98. The first kappa shape index (κ1) is 14.1. The van der Waals surface area contributed by atoms with Crippen molar-refractivity contribution in [3.8, 4) is 0 Å². The summed E-state index contributed by atoms with van der Waals surface area (Å²) in [5, 5.41) is 22.2. The van der Waals surface area contributed by atoms with Crippen molar-refractivity contribution in [1.82, 2.24) is 0 Å². The zero-order valence-corrected chi connectivity index (χ0v) is 10.9. The van der Waals surface area contributed by atoms with E-state index in [0.29, 0.717) is 17.5 Å². The molecule has 0 heterocycles. The SMILES string of the molecule is Cc1cc(C)c([N+](=O)[O-])c(CC(C)C)c1[N+](=O)[O-]. The number of nitro benzene ring substituents is 2. The molecule has 0 atom stereocenters. The summed E-state index contributed by atoms with van der Waals surface area (Å²) in [6, 6.07) is 1.50. The molecule has 6 heteroatoms. The number of hydrogen-bond acceptors (Lipinski definition) is 4. The molecule has 0 amide bonds.